The Morgan fingerprint density at radius 2 is 1.92 bits per heavy atom. The summed E-state index contributed by atoms with van der Waals surface area (Å²) in [6.45, 7) is 2.73. The summed E-state index contributed by atoms with van der Waals surface area (Å²) in [6, 6.07) is 8.34. The van der Waals surface area contributed by atoms with Crippen molar-refractivity contribution in [3.05, 3.63) is 47.4 Å². The highest BCUT2D eigenvalue weighted by Crippen LogP contribution is 2.28. The first-order valence-electron chi connectivity index (χ1n) is 7.88. The van der Waals surface area contributed by atoms with Crippen molar-refractivity contribution in [2.24, 2.45) is 0 Å². The molecule has 1 fully saturated rings. The predicted molar refractivity (Wildman–Crippen MR) is 92.9 cm³/mol. The van der Waals surface area contributed by atoms with Gasteiger partial charge in [0.2, 0.25) is 10.0 Å². The smallest absolute Gasteiger partial charge is 0.335 e. The zero-order chi connectivity index (χ0) is 18.2. The van der Waals surface area contributed by atoms with E-state index in [1.54, 1.807) is 12.1 Å². The topological polar surface area (TPSA) is 100 Å². The van der Waals surface area contributed by atoms with Crippen LogP contribution < -0.4 is 0 Å². The summed E-state index contributed by atoms with van der Waals surface area (Å²) >= 11 is 0. The van der Waals surface area contributed by atoms with Gasteiger partial charge >= 0.3 is 5.97 Å². The summed E-state index contributed by atoms with van der Waals surface area (Å²) in [5, 5.41) is 8.99. The fraction of sp³-hybridized carbons (Fsp3) is 0.353. The molecule has 1 unspecified atom stereocenters. The van der Waals surface area contributed by atoms with E-state index in [9.17, 15) is 13.2 Å². The van der Waals surface area contributed by atoms with Gasteiger partial charge in [-0.2, -0.15) is 0 Å². The van der Waals surface area contributed by atoms with E-state index in [2.05, 4.69) is 9.97 Å². The Kier molecular flexibility index (Phi) is 4.57. The molecule has 1 aliphatic rings. The third-order valence-corrected chi connectivity index (χ3v) is 5.55. The van der Waals surface area contributed by atoms with Crippen molar-refractivity contribution < 1.29 is 18.3 Å². The van der Waals surface area contributed by atoms with Crippen LogP contribution in [0.1, 0.15) is 34.2 Å². The number of aromatic carboxylic acids is 1. The van der Waals surface area contributed by atoms with Crippen LogP contribution in [0.25, 0.3) is 11.3 Å². The van der Waals surface area contributed by atoms with E-state index in [0.29, 0.717) is 31.0 Å². The number of hydrogen-bond donors (Lipinski definition) is 1. The third-order valence-electron chi connectivity index (χ3n) is 4.28. The van der Waals surface area contributed by atoms with E-state index < -0.39 is 16.0 Å². The van der Waals surface area contributed by atoms with Crippen molar-refractivity contribution in [1.29, 1.82) is 0 Å². The second kappa shape index (κ2) is 6.53. The predicted octanol–water partition coefficient (Wildman–Crippen LogP) is 1.90. The molecule has 0 amide bonds. The van der Waals surface area contributed by atoms with Crippen LogP contribution in [0.15, 0.2) is 30.3 Å². The lowest BCUT2D eigenvalue weighted by Gasteiger charge is -2.14. The molecule has 2 heterocycles. The van der Waals surface area contributed by atoms with Crippen molar-refractivity contribution in [3.63, 3.8) is 0 Å². The number of aromatic nitrogens is 2. The lowest BCUT2D eigenvalue weighted by atomic mass is 10.1. The van der Waals surface area contributed by atoms with E-state index in [1.807, 2.05) is 13.0 Å². The normalized spacial score (nSPS) is 18.4. The number of carbonyl (C=O) groups is 1. The van der Waals surface area contributed by atoms with Crippen LogP contribution in [-0.4, -0.2) is 53.1 Å². The molecule has 7 nitrogen and oxygen atoms in total. The number of carboxylic acid groups (broad SMARTS) is 1. The van der Waals surface area contributed by atoms with Crippen molar-refractivity contribution >= 4 is 16.0 Å². The van der Waals surface area contributed by atoms with Crippen LogP contribution in [0.5, 0.6) is 0 Å². The lowest BCUT2D eigenvalue weighted by molar-refractivity contribution is 0.0697. The van der Waals surface area contributed by atoms with Gasteiger partial charge in [-0.05, 0) is 31.5 Å². The van der Waals surface area contributed by atoms with E-state index in [4.69, 9.17) is 5.11 Å². The van der Waals surface area contributed by atoms with Gasteiger partial charge in [0.1, 0.15) is 5.82 Å². The molecule has 1 aliphatic heterocycles. The number of hydrogen-bond acceptors (Lipinski definition) is 5. The molecule has 0 aliphatic carbocycles. The zero-order valence-electron chi connectivity index (χ0n) is 14.0. The van der Waals surface area contributed by atoms with E-state index in [0.717, 1.165) is 11.3 Å². The molecule has 1 saturated heterocycles. The molecule has 25 heavy (non-hydrogen) atoms. The van der Waals surface area contributed by atoms with Crippen molar-refractivity contribution in [1.82, 2.24) is 14.3 Å². The summed E-state index contributed by atoms with van der Waals surface area (Å²) < 4.78 is 24.8. The highest BCUT2D eigenvalue weighted by Gasteiger charge is 2.31. The largest absolute Gasteiger partial charge is 0.478 e. The average molecular weight is 361 g/mol. The molecule has 0 saturated carbocycles. The monoisotopic (exact) mass is 361 g/mol. The van der Waals surface area contributed by atoms with Gasteiger partial charge in [0.05, 0.1) is 17.5 Å². The molecule has 2 aromatic rings. The van der Waals surface area contributed by atoms with Gasteiger partial charge < -0.3 is 5.11 Å². The Bertz CT molecular complexity index is 910. The van der Waals surface area contributed by atoms with Gasteiger partial charge in [-0.3, -0.25) is 0 Å². The van der Waals surface area contributed by atoms with Crippen molar-refractivity contribution in [2.45, 2.75) is 19.3 Å². The molecule has 8 heteroatoms. The number of carboxylic acids is 1. The summed E-state index contributed by atoms with van der Waals surface area (Å²) in [5.74, 6) is -0.381. The molecule has 1 N–H and O–H groups in total. The van der Waals surface area contributed by atoms with E-state index in [-0.39, 0.29) is 11.5 Å². The summed E-state index contributed by atoms with van der Waals surface area (Å²) in [5.41, 5.74) is 2.52. The van der Waals surface area contributed by atoms with Crippen LogP contribution in [0.2, 0.25) is 0 Å². The van der Waals surface area contributed by atoms with Crippen molar-refractivity contribution in [2.75, 3.05) is 19.3 Å². The molecule has 1 atom stereocenters. The molecule has 0 bridgehead atoms. The van der Waals surface area contributed by atoms with Crippen molar-refractivity contribution in [3.8, 4) is 11.3 Å². The minimum Gasteiger partial charge on any atom is -0.478 e. The molecular weight excluding hydrogens is 342 g/mol. The molecule has 1 aromatic carbocycles. The quantitative estimate of drug-likeness (QED) is 0.893. The fourth-order valence-electron chi connectivity index (χ4n) is 2.95. The second-order valence-corrected chi connectivity index (χ2v) is 8.22. The van der Waals surface area contributed by atoms with Gasteiger partial charge in [-0.25, -0.2) is 27.5 Å². The van der Waals surface area contributed by atoms with E-state index >= 15 is 0 Å². The number of nitrogens with zero attached hydrogens (tertiary/aromatic N) is 3. The molecule has 1 aromatic heterocycles. The fourth-order valence-corrected chi connectivity index (χ4v) is 3.83. The third kappa shape index (κ3) is 3.85. The summed E-state index contributed by atoms with van der Waals surface area (Å²) in [6.07, 6.45) is 1.90. The highest BCUT2D eigenvalue weighted by atomic mass is 32.2. The summed E-state index contributed by atoms with van der Waals surface area (Å²) in [7, 11) is -3.21. The number of sulfonamides is 1. The maximum absolute atomic E-state index is 11.7. The molecular formula is C17H19N3O4S. The second-order valence-electron chi connectivity index (χ2n) is 6.24. The first kappa shape index (κ1) is 17.5. The molecule has 132 valence electrons. The Hall–Kier alpha value is -2.32. The standard InChI is InChI=1S/C17H19N3O4S/c1-11-9-15(12-3-5-13(6-4-12)17(21)22)19-16(18-11)14-7-8-20(10-14)25(2,23)24/h3-6,9,14H,7-8,10H2,1-2H3,(H,21,22). The Morgan fingerprint density at radius 1 is 1.24 bits per heavy atom. The SMILES string of the molecule is Cc1cc(-c2ccc(C(=O)O)cc2)nc(C2CCN(S(C)(=O)=O)C2)n1. The van der Waals surface area contributed by atoms with Crippen LogP contribution in [0.3, 0.4) is 0 Å². The minimum absolute atomic E-state index is 0.0355. The van der Waals surface area contributed by atoms with E-state index in [1.165, 1.54) is 22.7 Å². The molecule has 0 radical (unpaired) electrons. The van der Waals surface area contributed by atoms with Crippen LogP contribution in [0.4, 0.5) is 0 Å². The molecule has 3 rings (SSSR count). The van der Waals surface area contributed by atoms with Gasteiger partial charge in [-0.15, -0.1) is 0 Å². The van der Waals surface area contributed by atoms with Gasteiger partial charge in [-0.1, -0.05) is 12.1 Å². The maximum Gasteiger partial charge on any atom is 0.335 e. The summed E-state index contributed by atoms with van der Waals surface area (Å²) in [4.78, 5) is 20.0. The Balaban J connectivity index is 1.90. The lowest BCUT2D eigenvalue weighted by Crippen LogP contribution is -2.27. The Morgan fingerprint density at radius 3 is 2.48 bits per heavy atom. The van der Waals surface area contributed by atoms with Gasteiger partial charge in [0.25, 0.3) is 0 Å². The van der Waals surface area contributed by atoms with Crippen LogP contribution in [0, 0.1) is 6.92 Å². The zero-order valence-corrected chi connectivity index (χ0v) is 14.8. The van der Waals surface area contributed by atoms with Gasteiger partial charge in [0.15, 0.2) is 0 Å². The highest BCUT2D eigenvalue weighted by molar-refractivity contribution is 7.88. The molecule has 0 spiro atoms. The average Bonchev–Trinajstić information content (AvgIpc) is 3.04. The maximum atomic E-state index is 11.7. The van der Waals surface area contributed by atoms with Gasteiger partial charge in [0, 0.05) is 30.3 Å². The number of rotatable bonds is 4. The first-order chi connectivity index (χ1) is 11.7. The number of benzene rings is 1. The first-order valence-corrected chi connectivity index (χ1v) is 9.73. The number of aryl methyl sites for hydroxylation is 1. The van der Waals surface area contributed by atoms with Crippen LogP contribution >= 0.6 is 0 Å². The van der Waals surface area contributed by atoms with Crippen LogP contribution in [-0.2, 0) is 10.0 Å². The minimum atomic E-state index is -3.21. The Labute approximate surface area is 146 Å².